The number of piperazine rings is 1. The fourth-order valence-electron chi connectivity index (χ4n) is 4.75. The topological polar surface area (TPSA) is 96.5 Å². The first kappa shape index (κ1) is 23.7. The Bertz CT molecular complexity index is 1480. The summed E-state index contributed by atoms with van der Waals surface area (Å²) in [6.07, 6.45) is 3.61. The Hall–Kier alpha value is -3.98. The van der Waals surface area contributed by atoms with Crippen LogP contribution in [0, 0.1) is 6.92 Å². The molecule has 1 fully saturated rings. The van der Waals surface area contributed by atoms with Gasteiger partial charge in [-0.1, -0.05) is 24.3 Å². The molecule has 1 saturated heterocycles. The lowest BCUT2D eigenvalue weighted by Crippen LogP contribution is -2.48. The van der Waals surface area contributed by atoms with Gasteiger partial charge in [0.15, 0.2) is 0 Å². The molecule has 0 unspecified atom stereocenters. The Labute approximate surface area is 209 Å². The first-order valence-electron chi connectivity index (χ1n) is 12.1. The Morgan fingerprint density at radius 1 is 1.00 bits per heavy atom. The molecule has 0 bridgehead atoms. The summed E-state index contributed by atoms with van der Waals surface area (Å²) in [5, 5.41) is 10.2. The summed E-state index contributed by atoms with van der Waals surface area (Å²) in [7, 11) is 1.77. The van der Waals surface area contributed by atoms with Crippen LogP contribution in [0.3, 0.4) is 0 Å². The van der Waals surface area contributed by atoms with Crippen molar-refractivity contribution in [3.8, 4) is 11.1 Å². The molecule has 0 saturated carbocycles. The zero-order valence-electron chi connectivity index (χ0n) is 20.8. The van der Waals surface area contributed by atoms with Gasteiger partial charge in [-0.05, 0) is 41.3 Å². The highest BCUT2D eigenvalue weighted by Crippen LogP contribution is 2.25. The van der Waals surface area contributed by atoms with E-state index in [1.165, 1.54) is 0 Å². The molecule has 2 aromatic carbocycles. The van der Waals surface area contributed by atoms with E-state index in [4.69, 9.17) is 0 Å². The second kappa shape index (κ2) is 9.58. The molecule has 0 aliphatic carbocycles. The standard InChI is InChI=1S/C27H30N6O3/c1-18-4-5-20(17-34)12-22(18)16-33-25-13-21(6-7-24(25)26(36)30(33)3)23-14-28-27(29-15-23)32-10-8-31(9-11-32)19(2)35/h4-7,12-15,34H,8-11,16-17H2,1-3H3. The first-order chi connectivity index (χ1) is 17.4. The molecular weight excluding hydrogens is 456 g/mol. The minimum absolute atomic E-state index is 0.0226. The van der Waals surface area contributed by atoms with Gasteiger partial charge in [0.25, 0.3) is 5.56 Å². The lowest BCUT2D eigenvalue weighted by molar-refractivity contribution is -0.129. The van der Waals surface area contributed by atoms with Crippen molar-refractivity contribution in [1.82, 2.24) is 24.2 Å². The van der Waals surface area contributed by atoms with Crippen molar-refractivity contribution < 1.29 is 9.90 Å². The molecule has 36 heavy (non-hydrogen) atoms. The van der Waals surface area contributed by atoms with Crippen LogP contribution in [0.5, 0.6) is 0 Å². The van der Waals surface area contributed by atoms with Gasteiger partial charge in [0.05, 0.1) is 24.1 Å². The molecule has 0 atom stereocenters. The van der Waals surface area contributed by atoms with Crippen LogP contribution in [0.4, 0.5) is 5.95 Å². The molecule has 1 aliphatic heterocycles. The number of carbonyl (C=O) groups excluding carboxylic acids is 1. The van der Waals surface area contributed by atoms with E-state index < -0.39 is 0 Å². The molecule has 0 radical (unpaired) electrons. The zero-order chi connectivity index (χ0) is 25.4. The highest BCUT2D eigenvalue weighted by Gasteiger charge is 2.20. The van der Waals surface area contributed by atoms with Crippen LogP contribution in [0.25, 0.3) is 22.0 Å². The second-order valence-electron chi connectivity index (χ2n) is 9.30. The number of anilines is 1. The van der Waals surface area contributed by atoms with Crippen molar-refractivity contribution in [2.45, 2.75) is 27.0 Å². The van der Waals surface area contributed by atoms with Crippen LogP contribution >= 0.6 is 0 Å². The molecule has 0 spiro atoms. The van der Waals surface area contributed by atoms with Crippen LogP contribution < -0.4 is 10.5 Å². The quantitative estimate of drug-likeness (QED) is 0.465. The SMILES string of the molecule is CC(=O)N1CCN(c2ncc(-c3ccc4c(=O)n(C)n(Cc5cc(CO)ccc5C)c4c3)cn2)CC1. The van der Waals surface area contributed by atoms with Crippen LogP contribution in [-0.2, 0) is 25.0 Å². The third-order valence-corrected chi connectivity index (χ3v) is 7.06. The van der Waals surface area contributed by atoms with Crippen LogP contribution in [-0.4, -0.2) is 61.4 Å². The van der Waals surface area contributed by atoms with Gasteiger partial charge in [0, 0.05) is 58.1 Å². The molecule has 3 heterocycles. The summed E-state index contributed by atoms with van der Waals surface area (Å²) in [4.78, 5) is 37.6. The summed E-state index contributed by atoms with van der Waals surface area (Å²) in [6, 6.07) is 11.7. The van der Waals surface area contributed by atoms with E-state index >= 15 is 0 Å². The molecular formula is C27H30N6O3. The van der Waals surface area contributed by atoms with E-state index in [0.717, 1.165) is 33.3 Å². The first-order valence-corrected chi connectivity index (χ1v) is 12.1. The predicted molar refractivity (Wildman–Crippen MR) is 139 cm³/mol. The number of amides is 1. The highest BCUT2D eigenvalue weighted by molar-refractivity contribution is 5.84. The second-order valence-corrected chi connectivity index (χ2v) is 9.30. The minimum atomic E-state index is -0.0520. The summed E-state index contributed by atoms with van der Waals surface area (Å²) in [5.74, 6) is 0.746. The molecule has 9 nitrogen and oxygen atoms in total. The number of hydrogen-bond acceptors (Lipinski definition) is 6. The Balaban J connectivity index is 1.44. The number of carbonyl (C=O) groups is 1. The molecule has 5 rings (SSSR count). The Morgan fingerprint density at radius 2 is 1.72 bits per heavy atom. The number of aliphatic hydroxyl groups is 1. The van der Waals surface area contributed by atoms with Crippen molar-refractivity contribution in [3.05, 3.63) is 75.8 Å². The summed E-state index contributed by atoms with van der Waals surface area (Å²) >= 11 is 0. The van der Waals surface area contributed by atoms with Crippen molar-refractivity contribution in [2.24, 2.45) is 7.05 Å². The van der Waals surface area contributed by atoms with E-state index in [1.54, 1.807) is 31.0 Å². The maximum absolute atomic E-state index is 12.9. The third kappa shape index (κ3) is 4.37. The fraction of sp³-hybridized carbons (Fsp3) is 0.333. The minimum Gasteiger partial charge on any atom is -0.392 e. The number of aryl methyl sites for hydroxylation is 1. The zero-order valence-corrected chi connectivity index (χ0v) is 20.8. The lowest BCUT2D eigenvalue weighted by Gasteiger charge is -2.34. The number of benzene rings is 2. The van der Waals surface area contributed by atoms with Crippen LogP contribution in [0.15, 0.2) is 53.6 Å². The maximum Gasteiger partial charge on any atom is 0.274 e. The normalized spacial score (nSPS) is 14.0. The summed E-state index contributed by atoms with van der Waals surface area (Å²) in [5.41, 5.74) is 5.57. The number of nitrogens with zero attached hydrogens (tertiary/aromatic N) is 6. The van der Waals surface area contributed by atoms with Crippen LogP contribution in [0.1, 0.15) is 23.6 Å². The van der Waals surface area contributed by atoms with Crippen molar-refractivity contribution >= 4 is 22.8 Å². The van der Waals surface area contributed by atoms with Gasteiger partial charge in [-0.2, -0.15) is 0 Å². The molecule has 1 amide bonds. The Morgan fingerprint density at radius 3 is 2.39 bits per heavy atom. The van der Waals surface area contributed by atoms with Crippen LogP contribution in [0.2, 0.25) is 0 Å². The van der Waals surface area contributed by atoms with Gasteiger partial charge >= 0.3 is 0 Å². The summed E-state index contributed by atoms with van der Waals surface area (Å²) < 4.78 is 3.61. The molecule has 186 valence electrons. The van der Waals surface area contributed by atoms with E-state index in [1.807, 2.05) is 52.9 Å². The molecule has 1 N–H and O–H groups in total. The van der Waals surface area contributed by atoms with Gasteiger partial charge < -0.3 is 14.9 Å². The average molecular weight is 487 g/mol. The Kier molecular flexibility index (Phi) is 6.32. The number of rotatable bonds is 5. The number of aromatic nitrogens is 4. The van der Waals surface area contributed by atoms with E-state index in [2.05, 4.69) is 14.9 Å². The maximum atomic E-state index is 12.9. The predicted octanol–water partition coefficient (Wildman–Crippen LogP) is 2.31. The van der Waals surface area contributed by atoms with Gasteiger partial charge in [0.2, 0.25) is 11.9 Å². The van der Waals surface area contributed by atoms with Gasteiger partial charge in [-0.15, -0.1) is 0 Å². The summed E-state index contributed by atoms with van der Waals surface area (Å²) in [6.45, 7) is 6.87. The third-order valence-electron chi connectivity index (χ3n) is 7.06. The number of fused-ring (bicyclic) bond motifs is 1. The fourth-order valence-corrected chi connectivity index (χ4v) is 4.75. The smallest absolute Gasteiger partial charge is 0.274 e. The molecule has 2 aromatic heterocycles. The van der Waals surface area contributed by atoms with Gasteiger partial charge in [0.1, 0.15) is 0 Å². The monoisotopic (exact) mass is 486 g/mol. The molecule has 4 aromatic rings. The lowest BCUT2D eigenvalue weighted by atomic mass is 10.0. The van der Waals surface area contributed by atoms with Crippen molar-refractivity contribution in [1.29, 1.82) is 0 Å². The van der Waals surface area contributed by atoms with Gasteiger partial charge in [-0.3, -0.25) is 19.0 Å². The number of hydrogen-bond donors (Lipinski definition) is 1. The van der Waals surface area contributed by atoms with Crippen molar-refractivity contribution in [2.75, 3.05) is 31.1 Å². The van der Waals surface area contributed by atoms with Crippen molar-refractivity contribution in [3.63, 3.8) is 0 Å². The molecule has 1 aliphatic rings. The average Bonchev–Trinajstić information content (AvgIpc) is 3.14. The molecule has 9 heteroatoms. The van der Waals surface area contributed by atoms with E-state index in [-0.39, 0.29) is 18.1 Å². The highest BCUT2D eigenvalue weighted by atomic mass is 16.3. The largest absolute Gasteiger partial charge is 0.392 e. The van der Waals surface area contributed by atoms with E-state index in [9.17, 15) is 14.7 Å². The number of aliphatic hydroxyl groups excluding tert-OH is 1. The van der Waals surface area contributed by atoms with E-state index in [0.29, 0.717) is 44.1 Å². The van der Waals surface area contributed by atoms with Gasteiger partial charge in [-0.25, -0.2) is 9.97 Å².